The van der Waals surface area contributed by atoms with Gasteiger partial charge in [-0.05, 0) is 30.4 Å². The summed E-state index contributed by atoms with van der Waals surface area (Å²) in [6.45, 7) is 6.03. The molecule has 0 unspecified atom stereocenters. The number of benzene rings is 1. The number of nitrogens with one attached hydrogen (secondary N) is 1. The minimum atomic E-state index is 0.369. The molecular formula is C17H23N3O. The van der Waals surface area contributed by atoms with Gasteiger partial charge in [0, 0.05) is 38.1 Å². The van der Waals surface area contributed by atoms with Crippen molar-refractivity contribution in [1.29, 1.82) is 0 Å². The maximum absolute atomic E-state index is 5.44. The van der Waals surface area contributed by atoms with Gasteiger partial charge in [0.15, 0.2) is 0 Å². The van der Waals surface area contributed by atoms with Crippen molar-refractivity contribution in [2.75, 3.05) is 19.8 Å². The van der Waals surface area contributed by atoms with E-state index in [0.717, 1.165) is 44.8 Å². The van der Waals surface area contributed by atoms with E-state index in [-0.39, 0.29) is 0 Å². The zero-order chi connectivity index (χ0) is 14.5. The molecule has 0 radical (unpaired) electrons. The molecule has 1 N–H and O–H groups in total. The van der Waals surface area contributed by atoms with E-state index in [2.05, 4.69) is 35.7 Å². The summed E-state index contributed by atoms with van der Waals surface area (Å²) in [6.07, 6.45) is 6.31. The van der Waals surface area contributed by atoms with Gasteiger partial charge in [-0.25, -0.2) is 4.68 Å². The Morgan fingerprint density at radius 3 is 2.76 bits per heavy atom. The van der Waals surface area contributed by atoms with Crippen molar-refractivity contribution in [3.05, 3.63) is 48.3 Å². The highest BCUT2D eigenvalue weighted by molar-refractivity contribution is 5.30. The van der Waals surface area contributed by atoms with Crippen molar-refractivity contribution < 1.29 is 4.74 Å². The molecule has 1 aliphatic rings. The Bertz CT molecular complexity index is 558. The summed E-state index contributed by atoms with van der Waals surface area (Å²) in [5.41, 5.74) is 2.68. The molecule has 4 nitrogen and oxygen atoms in total. The molecular weight excluding hydrogens is 262 g/mol. The summed E-state index contributed by atoms with van der Waals surface area (Å²) in [5, 5.41) is 7.99. The number of para-hydroxylation sites is 1. The van der Waals surface area contributed by atoms with Crippen molar-refractivity contribution in [2.24, 2.45) is 5.41 Å². The molecule has 0 atom stereocenters. The summed E-state index contributed by atoms with van der Waals surface area (Å²) in [4.78, 5) is 0. The fraction of sp³-hybridized carbons (Fsp3) is 0.471. The van der Waals surface area contributed by atoms with Crippen molar-refractivity contribution in [3.8, 4) is 5.69 Å². The first-order valence-electron chi connectivity index (χ1n) is 7.63. The monoisotopic (exact) mass is 285 g/mol. The predicted octanol–water partition coefficient (Wildman–Crippen LogP) is 2.78. The lowest BCUT2D eigenvalue weighted by Gasteiger charge is -2.33. The second kappa shape index (κ2) is 6.41. The lowest BCUT2D eigenvalue weighted by Crippen LogP contribution is -2.36. The molecule has 1 fully saturated rings. The van der Waals surface area contributed by atoms with Gasteiger partial charge in [-0.1, -0.05) is 25.1 Å². The largest absolute Gasteiger partial charge is 0.381 e. The number of nitrogens with zero attached hydrogens (tertiary/aromatic N) is 2. The van der Waals surface area contributed by atoms with Crippen LogP contribution >= 0.6 is 0 Å². The molecule has 0 bridgehead atoms. The van der Waals surface area contributed by atoms with Gasteiger partial charge in [0.1, 0.15) is 0 Å². The van der Waals surface area contributed by atoms with E-state index >= 15 is 0 Å². The van der Waals surface area contributed by atoms with Gasteiger partial charge < -0.3 is 10.1 Å². The van der Waals surface area contributed by atoms with Crippen LogP contribution in [-0.4, -0.2) is 29.5 Å². The van der Waals surface area contributed by atoms with Crippen LogP contribution in [0.4, 0.5) is 0 Å². The Morgan fingerprint density at radius 2 is 2.00 bits per heavy atom. The van der Waals surface area contributed by atoms with Crippen LogP contribution in [0.15, 0.2) is 42.7 Å². The molecule has 2 heterocycles. The maximum Gasteiger partial charge on any atom is 0.0645 e. The van der Waals surface area contributed by atoms with E-state index in [4.69, 9.17) is 4.74 Å². The van der Waals surface area contributed by atoms with Gasteiger partial charge in [0.2, 0.25) is 0 Å². The molecule has 1 saturated heterocycles. The quantitative estimate of drug-likeness (QED) is 0.918. The number of hydrogen-bond donors (Lipinski definition) is 1. The van der Waals surface area contributed by atoms with Gasteiger partial charge in [0.05, 0.1) is 11.9 Å². The maximum atomic E-state index is 5.44. The zero-order valence-corrected chi connectivity index (χ0v) is 12.6. The molecule has 21 heavy (non-hydrogen) atoms. The summed E-state index contributed by atoms with van der Waals surface area (Å²) in [6, 6.07) is 10.2. The first-order valence-corrected chi connectivity index (χ1v) is 7.63. The van der Waals surface area contributed by atoms with Crippen molar-refractivity contribution in [3.63, 3.8) is 0 Å². The highest BCUT2D eigenvalue weighted by atomic mass is 16.5. The first-order chi connectivity index (χ1) is 10.3. The minimum absolute atomic E-state index is 0.369. The summed E-state index contributed by atoms with van der Waals surface area (Å²) < 4.78 is 7.36. The highest BCUT2D eigenvalue weighted by Crippen LogP contribution is 2.28. The summed E-state index contributed by atoms with van der Waals surface area (Å²) in [5.74, 6) is 0. The van der Waals surface area contributed by atoms with Crippen LogP contribution in [-0.2, 0) is 11.3 Å². The van der Waals surface area contributed by atoms with Crippen molar-refractivity contribution in [2.45, 2.75) is 26.3 Å². The van der Waals surface area contributed by atoms with Crippen molar-refractivity contribution >= 4 is 0 Å². The van der Waals surface area contributed by atoms with Crippen LogP contribution in [0.25, 0.3) is 5.69 Å². The molecule has 0 saturated carbocycles. The Hall–Kier alpha value is -1.65. The number of rotatable bonds is 5. The van der Waals surface area contributed by atoms with Crippen LogP contribution in [0.1, 0.15) is 25.3 Å². The van der Waals surface area contributed by atoms with Crippen molar-refractivity contribution in [1.82, 2.24) is 15.1 Å². The molecule has 0 amide bonds. The van der Waals surface area contributed by atoms with E-state index in [0.29, 0.717) is 5.41 Å². The SMILES string of the molecule is CC1(CNCc2cnn(-c3ccccc3)c2)CCOCC1. The van der Waals surface area contributed by atoms with Gasteiger partial charge >= 0.3 is 0 Å². The van der Waals surface area contributed by atoms with E-state index < -0.39 is 0 Å². The predicted molar refractivity (Wildman–Crippen MR) is 83.4 cm³/mol. The molecule has 112 valence electrons. The van der Waals surface area contributed by atoms with E-state index in [9.17, 15) is 0 Å². The third kappa shape index (κ3) is 3.71. The fourth-order valence-electron chi connectivity index (χ4n) is 2.72. The molecule has 0 spiro atoms. The van der Waals surface area contributed by atoms with Crippen LogP contribution in [0.2, 0.25) is 0 Å². The molecule has 1 aliphatic heterocycles. The van der Waals surface area contributed by atoms with E-state index in [1.807, 2.05) is 29.1 Å². The molecule has 0 aliphatic carbocycles. The molecule has 2 aromatic rings. The summed E-state index contributed by atoms with van der Waals surface area (Å²) >= 11 is 0. The normalized spacial score (nSPS) is 17.8. The van der Waals surface area contributed by atoms with Gasteiger partial charge in [-0.3, -0.25) is 0 Å². The molecule has 1 aromatic heterocycles. The Kier molecular flexibility index (Phi) is 4.36. The smallest absolute Gasteiger partial charge is 0.0645 e. The highest BCUT2D eigenvalue weighted by Gasteiger charge is 2.26. The molecule has 3 rings (SSSR count). The van der Waals surface area contributed by atoms with Crippen LogP contribution in [0, 0.1) is 5.41 Å². The van der Waals surface area contributed by atoms with Gasteiger partial charge in [0.25, 0.3) is 0 Å². The number of ether oxygens (including phenoxy) is 1. The minimum Gasteiger partial charge on any atom is -0.381 e. The third-order valence-corrected chi connectivity index (χ3v) is 4.24. The van der Waals surface area contributed by atoms with Crippen LogP contribution in [0.3, 0.4) is 0 Å². The average molecular weight is 285 g/mol. The second-order valence-corrected chi connectivity index (χ2v) is 6.16. The third-order valence-electron chi connectivity index (χ3n) is 4.24. The van der Waals surface area contributed by atoms with E-state index in [1.165, 1.54) is 5.56 Å². The standard InChI is InChI=1S/C17H23N3O/c1-17(7-9-21-10-8-17)14-18-11-15-12-19-20(13-15)16-5-3-2-4-6-16/h2-6,12-13,18H,7-11,14H2,1H3. The Balaban J connectivity index is 1.53. The zero-order valence-electron chi connectivity index (χ0n) is 12.6. The van der Waals surface area contributed by atoms with E-state index in [1.54, 1.807) is 0 Å². The lowest BCUT2D eigenvalue weighted by molar-refractivity contribution is 0.0240. The number of aromatic nitrogens is 2. The Labute approximate surface area is 126 Å². The topological polar surface area (TPSA) is 39.1 Å². The second-order valence-electron chi connectivity index (χ2n) is 6.16. The molecule has 1 aromatic carbocycles. The average Bonchev–Trinajstić information content (AvgIpc) is 2.98. The summed E-state index contributed by atoms with van der Waals surface area (Å²) in [7, 11) is 0. The van der Waals surface area contributed by atoms with Gasteiger partial charge in [-0.15, -0.1) is 0 Å². The lowest BCUT2D eigenvalue weighted by atomic mass is 9.82. The molecule has 4 heteroatoms. The first kappa shape index (κ1) is 14.3. The van der Waals surface area contributed by atoms with Gasteiger partial charge in [-0.2, -0.15) is 5.10 Å². The Morgan fingerprint density at radius 1 is 1.24 bits per heavy atom. The fourth-order valence-corrected chi connectivity index (χ4v) is 2.72. The van der Waals surface area contributed by atoms with Crippen LogP contribution < -0.4 is 5.32 Å². The van der Waals surface area contributed by atoms with Crippen LogP contribution in [0.5, 0.6) is 0 Å². The number of hydrogen-bond acceptors (Lipinski definition) is 3.